The number of hydrogen-bond acceptors (Lipinski definition) is 4. The number of tetrazole rings is 1. The molecule has 0 atom stereocenters. The Kier molecular flexibility index (Phi) is 2.21. The molecule has 3 rings (SSSR count). The Labute approximate surface area is 92.6 Å². The number of nitrogens with one attached hydrogen (secondary N) is 1. The van der Waals surface area contributed by atoms with Gasteiger partial charge in [-0.2, -0.15) is 5.21 Å². The van der Waals surface area contributed by atoms with Gasteiger partial charge >= 0.3 is 0 Å². The highest BCUT2D eigenvalue weighted by molar-refractivity contribution is 5.84. The molecule has 0 spiro atoms. The SMILES string of the molecule is C1=NCc2ccc(CCc3nn[nH]n3)cc21. The zero-order valence-electron chi connectivity index (χ0n) is 8.72. The van der Waals surface area contributed by atoms with Crippen LogP contribution >= 0.6 is 0 Å². The van der Waals surface area contributed by atoms with Crippen molar-refractivity contribution in [3.05, 3.63) is 40.7 Å². The van der Waals surface area contributed by atoms with Crippen molar-refractivity contribution < 1.29 is 0 Å². The van der Waals surface area contributed by atoms with E-state index in [0.29, 0.717) is 0 Å². The Balaban J connectivity index is 1.73. The lowest BCUT2D eigenvalue weighted by Gasteiger charge is -2.02. The summed E-state index contributed by atoms with van der Waals surface area (Å²) in [6.07, 6.45) is 3.68. The predicted molar refractivity (Wildman–Crippen MR) is 59.3 cm³/mol. The molecule has 0 aliphatic carbocycles. The van der Waals surface area contributed by atoms with E-state index >= 15 is 0 Å². The summed E-state index contributed by atoms with van der Waals surface area (Å²) in [5.74, 6) is 0.758. The molecular formula is C11H11N5. The molecule has 5 heteroatoms. The van der Waals surface area contributed by atoms with Crippen LogP contribution in [0.1, 0.15) is 22.5 Å². The summed E-state index contributed by atoms with van der Waals surface area (Å²) in [4.78, 5) is 4.24. The third-order valence-corrected chi connectivity index (χ3v) is 2.73. The molecule has 5 nitrogen and oxygen atoms in total. The summed E-state index contributed by atoms with van der Waals surface area (Å²) < 4.78 is 0. The Morgan fingerprint density at radius 2 is 2.25 bits per heavy atom. The predicted octanol–water partition coefficient (Wildman–Crippen LogP) is 0.917. The minimum absolute atomic E-state index is 0.758. The van der Waals surface area contributed by atoms with Crippen molar-refractivity contribution in [1.29, 1.82) is 0 Å². The topological polar surface area (TPSA) is 66.8 Å². The Morgan fingerprint density at radius 3 is 3.12 bits per heavy atom. The molecule has 16 heavy (non-hydrogen) atoms. The number of aliphatic imine (C=N–C) groups is 1. The fraction of sp³-hybridized carbons (Fsp3) is 0.273. The van der Waals surface area contributed by atoms with Gasteiger partial charge in [-0.15, -0.1) is 10.2 Å². The fourth-order valence-electron chi connectivity index (χ4n) is 1.85. The average Bonchev–Trinajstić information content (AvgIpc) is 2.97. The smallest absolute Gasteiger partial charge is 0.174 e. The first kappa shape index (κ1) is 9.21. The van der Waals surface area contributed by atoms with Crippen molar-refractivity contribution in [3.63, 3.8) is 0 Å². The van der Waals surface area contributed by atoms with Crippen molar-refractivity contribution in [1.82, 2.24) is 20.6 Å². The number of fused-ring (bicyclic) bond motifs is 1. The van der Waals surface area contributed by atoms with E-state index < -0.39 is 0 Å². The maximum absolute atomic E-state index is 4.24. The quantitative estimate of drug-likeness (QED) is 0.824. The van der Waals surface area contributed by atoms with Gasteiger partial charge in [-0.05, 0) is 29.2 Å². The number of nitrogens with zero attached hydrogens (tertiary/aromatic N) is 4. The van der Waals surface area contributed by atoms with Crippen LogP contribution in [0.3, 0.4) is 0 Å². The maximum Gasteiger partial charge on any atom is 0.174 e. The molecule has 0 radical (unpaired) electrons. The second-order valence-electron chi connectivity index (χ2n) is 3.83. The second-order valence-corrected chi connectivity index (χ2v) is 3.83. The first-order valence-electron chi connectivity index (χ1n) is 5.26. The van der Waals surface area contributed by atoms with Gasteiger partial charge in [0.2, 0.25) is 0 Å². The van der Waals surface area contributed by atoms with Gasteiger partial charge in [-0.25, -0.2) is 0 Å². The van der Waals surface area contributed by atoms with Crippen LogP contribution in [0.15, 0.2) is 23.2 Å². The van der Waals surface area contributed by atoms with Gasteiger partial charge in [0.25, 0.3) is 0 Å². The van der Waals surface area contributed by atoms with Gasteiger partial charge in [-0.3, -0.25) is 4.99 Å². The molecule has 1 aromatic heterocycles. The number of aromatic nitrogens is 4. The highest BCUT2D eigenvalue weighted by Gasteiger charge is 2.07. The Bertz CT molecular complexity index is 515. The number of hydrogen-bond donors (Lipinski definition) is 1. The van der Waals surface area contributed by atoms with E-state index in [2.05, 4.69) is 43.8 Å². The van der Waals surface area contributed by atoms with Gasteiger partial charge in [-0.1, -0.05) is 17.3 Å². The molecule has 0 bridgehead atoms. The fourth-order valence-corrected chi connectivity index (χ4v) is 1.85. The largest absolute Gasteiger partial charge is 0.288 e. The molecule has 2 heterocycles. The Morgan fingerprint density at radius 1 is 1.25 bits per heavy atom. The van der Waals surface area contributed by atoms with E-state index in [9.17, 15) is 0 Å². The first-order chi connectivity index (χ1) is 7.92. The molecule has 1 aliphatic heterocycles. The van der Waals surface area contributed by atoms with Gasteiger partial charge in [0, 0.05) is 12.6 Å². The normalized spacial score (nSPS) is 13.0. The van der Waals surface area contributed by atoms with Crippen LogP contribution in [-0.4, -0.2) is 26.8 Å². The molecule has 1 aliphatic rings. The summed E-state index contributed by atoms with van der Waals surface area (Å²) in [5.41, 5.74) is 3.84. The van der Waals surface area contributed by atoms with Crippen molar-refractivity contribution >= 4 is 6.21 Å². The molecule has 0 unspecified atom stereocenters. The average molecular weight is 213 g/mol. The van der Waals surface area contributed by atoms with Crippen LogP contribution < -0.4 is 0 Å². The van der Waals surface area contributed by atoms with Crippen LogP contribution in [0.4, 0.5) is 0 Å². The van der Waals surface area contributed by atoms with Crippen LogP contribution in [0.25, 0.3) is 0 Å². The van der Waals surface area contributed by atoms with Crippen LogP contribution in [0.2, 0.25) is 0 Å². The lowest BCUT2D eigenvalue weighted by Crippen LogP contribution is -1.95. The number of aryl methyl sites for hydroxylation is 2. The van der Waals surface area contributed by atoms with E-state index in [1.54, 1.807) is 0 Å². The van der Waals surface area contributed by atoms with Gasteiger partial charge in [0.15, 0.2) is 5.82 Å². The van der Waals surface area contributed by atoms with Crippen LogP contribution in [0, 0.1) is 0 Å². The van der Waals surface area contributed by atoms with E-state index in [1.165, 1.54) is 16.7 Å². The minimum Gasteiger partial charge on any atom is -0.288 e. The summed E-state index contributed by atoms with van der Waals surface area (Å²) in [5, 5.41) is 13.9. The minimum atomic E-state index is 0.758. The van der Waals surface area contributed by atoms with Crippen molar-refractivity contribution in [2.45, 2.75) is 19.4 Å². The molecular weight excluding hydrogens is 202 g/mol. The number of rotatable bonds is 3. The molecule has 0 amide bonds. The van der Waals surface area contributed by atoms with Crippen molar-refractivity contribution in [2.24, 2.45) is 4.99 Å². The molecule has 0 fully saturated rings. The van der Waals surface area contributed by atoms with Gasteiger partial charge in [0.05, 0.1) is 6.54 Å². The molecule has 0 saturated carbocycles. The van der Waals surface area contributed by atoms with Crippen LogP contribution in [0.5, 0.6) is 0 Å². The van der Waals surface area contributed by atoms with E-state index in [4.69, 9.17) is 0 Å². The number of aromatic amines is 1. The molecule has 0 saturated heterocycles. The zero-order chi connectivity index (χ0) is 10.8. The van der Waals surface area contributed by atoms with Gasteiger partial charge < -0.3 is 0 Å². The monoisotopic (exact) mass is 213 g/mol. The zero-order valence-corrected chi connectivity index (χ0v) is 8.72. The van der Waals surface area contributed by atoms with E-state index in [1.807, 2.05) is 6.21 Å². The Hall–Kier alpha value is -2.04. The summed E-state index contributed by atoms with van der Waals surface area (Å²) in [7, 11) is 0. The molecule has 1 N–H and O–H groups in total. The third-order valence-electron chi connectivity index (χ3n) is 2.73. The highest BCUT2D eigenvalue weighted by atomic mass is 15.5. The maximum atomic E-state index is 4.24. The third kappa shape index (κ3) is 1.71. The van der Waals surface area contributed by atoms with Crippen LogP contribution in [-0.2, 0) is 19.4 Å². The number of benzene rings is 1. The molecule has 80 valence electrons. The summed E-state index contributed by atoms with van der Waals surface area (Å²) in [6.45, 7) is 0.820. The van der Waals surface area contributed by atoms with E-state index in [0.717, 1.165) is 25.2 Å². The lowest BCUT2D eigenvalue weighted by molar-refractivity contribution is 0.863. The summed E-state index contributed by atoms with van der Waals surface area (Å²) >= 11 is 0. The summed E-state index contributed by atoms with van der Waals surface area (Å²) in [6, 6.07) is 6.48. The highest BCUT2D eigenvalue weighted by Crippen LogP contribution is 2.16. The van der Waals surface area contributed by atoms with Gasteiger partial charge in [0.1, 0.15) is 0 Å². The molecule has 2 aromatic rings. The van der Waals surface area contributed by atoms with Crippen molar-refractivity contribution in [3.8, 4) is 0 Å². The number of H-pyrrole nitrogens is 1. The van der Waals surface area contributed by atoms with Crippen molar-refractivity contribution in [2.75, 3.05) is 0 Å². The standard InChI is InChI=1S/C11H11N5/c1-3-9-6-12-7-10(9)5-8(1)2-4-11-13-15-16-14-11/h1,3,5,7H,2,4,6H2,(H,13,14,15,16). The lowest BCUT2D eigenvalue weighted by atomic mass is 10.0. The second kappa shape index (κ2) is 3.84. The molecule has 1 aromatic carbocycles. The van der Waals surface area contributed by atoms with E-state index in [-0.39, 0.29) is 0 Å². The first-order valence-corrected chi connectivity index (χ1v) is 5.26.